The maximum Gasteiger partial charge on any atom is 0.229 e. The van der Waals surface area contributed by atoms with Gasteiger partial charge in [0.1, 0.15) is 18.4 Å². The molecule has 10 heteroatoms. The fraction of sp³-hybridized carbons (Fsp3) is 0.391. The molecular weight excluding hydrogens is 425 g/mol. The van der Waals surface area contributed by atoms with E-state index in [-0.39, 0.29) is 23.7 Å². The van der Waals surface area contributed by atoms with Crippen LogP contribution in [0.1, 0.15) is 31.2 Å². The number of nitrogens with one attached hydrogen (secondary N) is 1. The molecule has 2 N–H and O–H groups in total. The molecule has 3 aromatic rings. The SMILES string of the molecule is CCc1cc(Nc2ncc(F)c(-n3ccnc3C#N)n2)cc(OCCN2CCC(O)CC2)c1. The molecule has 1 aromatic carbocycles. The summed E-state index contributed by atoms with van der Waals surface area (Å²) in [6.07, 6.45) is 6.16. The van der Waals surface area contributed by atoms with E-state index in [4.69, 9.17) is 4.74 Å². The second-order valence-electron chi connectivity index (χ2n) is 7.86. The number of rotatable bonds is 8. The summed E-state index contributed by atoms with van der Waals surface area (Å²) >= 11 is 0. The molecule has 0 bridgehead atoms. The Hall–Kier alpha value is -3.55. The van der Waals surface area contributed by atoms with Crippen LogP contribution in [-0.4, -0.2) is 61.9 Å². The van der Waals surface area contributed by atoms with E-state index in [0.717, 1.165) is 56.4 Å². The molecule has 3 heterocycles. The molecule has 1 aliphatic rings. The van der Waals surface area contributed by atoms with Crippen LogP contribution < -0.4 is 10.1 Å². The van der Waals surface area contributed by atoms with Gasteiger partial charge in [-0.2, -0.15) is 10.2 Å². The second kappa shape index (κ2) is 10.4. The summed E-state index contributed by atoms with van der Waals surface area (Å²) in [6.45, 7) is 5.14. The molecule has 2 aromatic heterocycles. The summed E-state index contributed by atoms with van der Waals surface area (Å²) in [5.74, 6) is 0.223. The maximum atomic E-state index is 14.3. The number of hydrogen-bond acceptors (Lipinski definition) is 8. The van der Waals surface area contributed by atoms with Gasteiger partial charge in [0.2, 0.25) is 11.8 Å². The number of likely N-dealkylation sites (tertiary alicyclic amines) is 1. The molecule has 0 amide bonds. The van der Waals surface area contributed by atoms with Crippen LogP contribution in [0.4, 0.5) is 16.0 Å². The Balaban J connectivity index is 1.47. The van der Waals surface area contributed by atoms with Crippen molar-refractivity contribution in [3.05, 3.63) is 54.0 Å². The number of halogens is 1. The van der Waals surface area contributed by atoms with Gasteiger partial charge in [0.05, 0.1) is 12.3 Å². The van der Waals surface area contributed by atoms with Crippen molar-refractivity contribution in [1.82, 2.24) is 24.4 Å². The number of imidazole rings is 1. The predicted molar refractivity (Wildman–Crippen MR) is 120 cm³/mol. The highest BCUT2D eigenvalue weighted by Crippen LogP contribution is 2.24. The van der Waals surface area contributed by atoms with Crippen molar-refractivity contribution in [3.63, 3.8) is 0 Å². The van der Waals surface area contributed by atoms with E-state index in [0.29, 0.717) is 12.3 Å². The normalized spacial score (nSPS) is 14.7. The van der Waals surface area contributed by atoms with Crippen LogP contribution in [0.15, 0.2) is 36.8 Å². The first-order valence-corrected chi connectivity index (χ1v) is 11.0. The quantitative estimate of drug-likeness (QED) is 0.538. The zero-order chi connectivity index (χ0) is 23.2. The van der Waals surface area contributed by atoms with E-state index in [1.54, 1.807) is 0 Å². The highest BCUT2D eigenvalue weighted by molar-refractivity contribution is 5.58. The van der Waals surface area contributed by atoms with Crippen molar-refractivity contribution < 1.29 is 14.2 Å². The van der Waals surface area contributed by atoms with E-state index in [9.17, 15) is 14.8 Å². The average Bonchev–Trinajstić information content (AvgIpc) is 3.30. The topological polar surface area (TPSA) is 112 Å². The lowest BCUT2D eigenvalue weighted by Crippen LogP contribution is -2.38. The number of benzene rings is 1. The number of nitriles is 1. The Bertz CT molecular complexity index is 1140. The van der Waals surface area contributed by atoms with Crippen molar-refractivity contribution in [3.8, 4) is 17.6 Å². The standard InChI is InChI=1S/C23H26FN7O2/c1-2-16-11-17(13-19(12-16)33-10-9-30-6-3-18(32)4-7-30)28-23-27-15-20(24)22(29-23)31-8-5-26-21(31)14-25/h5,8,11-13,15,18,32H,2-4,6-7,9-10H2,1H3,(H,27,28,29). The van der Waals surface area contributed by atoms with Crippen LogP contribution in [0.3, 0.4) is 0 Å². The fourth-order valence-electron chi connectivity index (χ4n) is 3.73. The first-order valence-electron chi connectivity index (χ1n) is 11.0. The highest BCUT2D eigenvalue weighted by Gasteiger charge is 2.17. The van der Waals surface area contributed by atoms with Crippen LogP contribution in [0.25, 0.3) is 5.82 Å². The molecule has 33 heavy (non-hydrogen) atoms. The molecule has 9 nitrogen and oxygen atoms in total. The van der Waals surface area contributed by atoms with E-state index >= 15 is 0 Å². The first-order chi connectivity index (χ1) is 16.1. The van der Waals surface area contributed by atoms with E-state index in [2.05, 4.69) is 32.1 Å². The summed E-state index contributed by atoms with van der Waals surface area (Å²) in [5, 5.41) is 21.9. The van der Waals surface area contributed by atoms with E-state index < -0.39 is 5.82 Å². The van der Waals surface area contributed by atoms with Crippen LogP contribution in [-0.2, 0) is 6.42 Å². The van der Waals surface area contributed by atoms with E-state index in [1.807, 2.05) is 24.3 Å². The van der Waals surface area contributed by atoms with Gasteiger partial charge in [-0.15, -0.1) is 0 Å². The van der Waals surface area contributed by atoms with Crippen molar-refractivity contribution in [1.29, 1.82) is 5.26 Å². The largest absolute Gasteiger partial charge is 0.492 e. The van der Waals surface area contributed by atoms with Gasteiger partial charge in [-0.3, -0.25) is 9.47 Å². The first kappa shape index (κ1) is 22.6. The lowest BCUT2D eigenvalue weighted by atomic mass is 10.1. The van der Waals surface area contributed by atoms with Crippen LogP contribution >= 0.6 is 0 Å². The Labute approximate surface area is 191 Å². The van der Waals surface area contributed by atoms with Gasteiger partial charge < -0.3 is 15.2 Å². The molecule has 1 fully saturated rings. The molecule has 0 aliphatic carbocycles. The number of ether oxygens (including phenoxy) is 1. The minimum absolute atomic E-state index is 0.0328. The van der Waals surface area contributed by atoms with Gasteiger partial charge in [-0.1, -0.05) is 6.92 Å². The number of nitrogens with zero attached hydrogens (tertiary/aromatic N) is 6. The molecule has 0 radical (unpaired) electrons. The van der Waals surface area contributed by atoms with Crippen molar-refractivity contribution in [2.24, 2.45) is 0 Å². The third-order valence-electron chi connectivity index (χ3n) is 5.56. The Morgan fingerprint density at radius 2 is 2.09 bits per heavy atom. The van der Waals surface area contributed by atoms with Crippen LogP contribution in [0, 0.1) is 17.1 Å². The van der Waals surface area contributed by atoms with Gasteiger partial charge in [-0.05, 0) is 37.0 Å². The molecule has 1 saturated heterocycles. The zero-order valence-electron chi connectivity index (χ0n) is 18.4. The van der Waals surface area contributed by atoms with Crippen LogP contribution in [0.5, 0.6) is 5.75 Å². The minimum atomic E-state index is -0.661. The lowest BCUT2D eigenvalue weighted by molar-refractivity contribution is 0.0755. The highest BCUT2D eigenvalue weighted by atomic mass is 19.1. The van der Waals surface area contributed by atoms with Crippen LogP contribution in [0.2, 0.25) is 0 Å². The smallest absolute Gasteiger partial charge is 0.229 e. The van der Waals surface area contributed by atoms with Gasteiger partial charge in [0, 0.05) is 43.8 Å². The monoisotopic (exact) mass is 451 g/mol. The summed E-state index contributed by atoms with van der Waals surface area (Å²) in [5.41, 5.74) is 1.79. The molecule has 1 aliphatic heterocycles. The Morgan fingerprint density at radius 3 is 2.85 bits per heavy atom. The Kier molecular flexibility index (Phi) is 7.12. The lowest BCUT2D eigenvalue weighted by Gasteiger charge is -2.29. The number of anilines is 2. The van der Waals surface area contributed by atoms with Gasteiger partial charge in [0.15, 0.2) is 11.6 Å². The number of aliphatic hydroxyl groups excluding tert-OH is 1. The minimum Gasteiger partial charge on any atom is -0.492 e. The zero-order valence-corrected chi connectivity index (χ0v) is 18.4. The maximum absolute atomic E-state index is 14.3. The third kappa shape index (κ3) is 5.63. The molecule has 172 valence electrons. The van der Waals surface area contributed by atoms with Crippen molar-refractivity contribution in [2.45, 2.75) is 32.3 Å². The van der Waals surface area contributed by atoms with Gasteiger partial charge >= 0.3 is 0 Å². The number of aliphatic hydroxyl groups is 1. The third-order valence-corrected chi connectivity index (χ3v) is 5.56. The second-order valence-corrected chi connectivity index (χ2v) is 7.86. The predicted octanol–water partition coefficient (Wildman–Crippen LogP) is 2.81. The summed E-state index contributed by atoms with van der Waals surface area (Å²) in [6, 6.07) is 7.72. The fourth-order valence-corrected chi connectivity index (χ4v) is 3.73. The molecular formula is C23H26FN7O2. The molecule has 0 saturated carbocycles. The molecule has 0 atom stereocenters. The van der Waals surface area contributed by atoms with Gasteiger partial charge in [0.25, 0.3) is 0 Å². The van der Waals surface area contributed by atoms with E-state index in [1.165, 1.54) is 17.0 Å². The number of aromatic nitrogens is 4. The number of piperidine rings is 1. The summed E-state index contributed by atoms with van der Waals surface area (Å²) in [7, 11) is 0. The number of hydrogen-bond donors (Lipinski definition) is 2. The van der Waals surface area contributed by atoms with Crippen molar-refractivity contribution in [2.75, 3.05) is 31.6 Å². The summed E-state index contributed by atoms with van der Waals surface area (Å²) in [4.78, 5) is 14.4. The Morgan fingerprint density at radius 1 is 1.27 bits per heavy atom. The molecule has 0 unspecified atom stereocenters. The molecule has 4 rings (SSSR count). The molecule has 0 spiro atoms. The average molecular weight is 452 g/mol. The summed E-state index contributed by atoms with van der Waals surface area (Å²) < 4.78 is 21.6. The van der Waals surface area contributed by atoms with Gasteiger partial charge in [-0.25, -0.2) is 14.4 Å². The van der Waals surface area contributed by atoms with Crippen molar-refractivity contribution >= 4 is 11.6 Å². The number of aryl methyl sites for hydroxylation is 1.